The average Bonchev–Trinajstić information content (AvgIpc) is 2.23. The predicted octanol–water partition coefficient (Wildman–Crippen LogP) is 4.69. The molecule has 0 spiro atoms. The van der Waals surface area contributed by atoms with Crippen molar-refractivity contribution in [2.45, 2.75) is 18.7 Å². The van der Waals surface area contributed by atoms with E-state index >= 15 is 0 Å². The molecule has 0 radical (unpaired) electrons. The number of rotatable bonds is 4. The van der Waals surface area contributed by atoms with Gasteiger partial charge in [0.15, 0.2) is 0 Å². The zero-order valence-electron chi connectivity index (χ0n) is 9.08. The molecule has 1 aromatic rings. The zero-order chi connectivity index (χ0) is 12.8. The van der Waals surface area contributed by atoms with Crippen LogP contribution in [0.3, 0.4) is 0 Å². The predicted molar refractivity (Wildman–Crippen MR) is 75.6 cm³/mol. The number of alkyl halides is 1. The zero-order valence-corrected chi connectivity index (χ0v) is 12.2. The highest BCUT2D eigenvalue weighted by molar-refractivity contribution is 7.79. The summed E-state index contributed by atoms with van der Waals surface area (Å²) < 4.78 is 10.4. The molecule has 1 aromatic carbocycles. The molecule has 0 fully saturated rings. The number of ether oxygens (including phenoxy) is 2. The Bertz CT molecular complexity index is 396. The van der Waals surface area contributed by atoms with Crippen LogP contribution in [-0.2, 0) is 4.74 Å². The maximum absolute atomic E-state index is 5.83. The summed E-state index contributed by atoms with van der Waals surface area (Å²) in [5.74, 6) is 0.489. The molecule has 17 heavy (non-hydrogen) atoms. The van der Waals surface area contributed by atoms with Crippen LogP contribution in [0.4, 0.5) is 0 Å². The van der Waals surface area contributed by atoms with E-state index in [0.717, 1.165) is 0 Å². The summed E-state index contributed by atoms with van der Waals surface area (Å²) in [6.45, 7) is 2.30. The number of hydrogen-bond acceptors (Lipinski definition) is 3. The van der Waals surface area contributed by atoms with Gasteiger partial charge >= 0.3 is 5.24 Å². The summed E-state index contributed by atoms with van der Waals surface area (Å²) in [6.07, 6.45) is 0.701. The minimum atomic E-state index is 0.0423. The van der Waals surface area contributed by atoms with Gasteiger partial charge in [0.05, 0.1) is 16.7 Å². The van der Waals surface area contributed by atoms with Crippen LogP contribution in [0.2, 0.25) is 10.0 Å². The van der Waals surface area contributed by atoms with E-state index < -0.39 is 0 Å². The quantitative estimate of drug-likeness (QED) is 0.593. The smallest absolute Gasteiger partial charge is 0.357 e. The number of benzene rings is 1. The summed E-state index contributed by atoms with van der Waals surface area (Å²) in [5.41, 5.74) is 0. The van der Waals surface area contributed by atoms with Crippen molar-refractivity contribution in [1.29, 1.82) is 0 Å². The highest BCUT2D eigenvalue weighted by Crippen LogP contribution is 2.26. The average molecular weight is 314 g/mol. The Morgan fingerprint density at radius 3 is 2.65 bits per heavy atom. The molecule has 0 bridgehead atoms. The Morgan fingerprint density at radius 1 is 1.35 bits per heavy atom. The van der Waals surface area contributed by atoms with Crippen molar-refractivity contribution in [3.63, 3.8) is 0 Å². The number of halogens is 3. The molecule has 0 aliphatic rings. The maximum atomic E-state index is 5.83. The van der Waals surface area contributed by atoms with Crippen LogP contribution in [0, 0.1) is 0 Å². The second kappa shape index (κ2) is 7.27. The highest BCUT2D eigenvalue weighted by Gasteiger charge is 2.05. The first kappa shape index (κ1) is 14.8. The second-order valence-electron chi connectivity index (χ2n) is 3.35. The first-order valence-corrected chi connectivity index (χ1v) is 6.53. The van der Waals surface area contributed by atoms with E-state index in [1.807, 2.05) is 6.92 Å². The van der Waals surface area contributed by atoms with Crippen molar-refractivity contribution in [1.82, 2.24) is 0 Å². The standard InChI is InChI=1S/C11H11Cl3O2S/c1-7(12)4-5-15-11(17)16-8-2-3-9(13)10(14)6-8/h2-3,6-7H,4-5H2,1H3. The molecule has 1 rings (SSSR count). The van der Waals surface area contributed by atoms with Crippen molar-refractivity contribution in [2.75, 3.05) is 6.61 Å². The van der Waals surface area contributed by atoms with Gasteiger partial charge in [-0.2, -0.15) is 0 Å². The molecule has 1 unspecified atom stereocenters. The van der Waals surface area contributed by atoms with E-state index in [1.54, 1.807) is 18.2 Å². The van der Waals surface area contributed by atoms with Gasteiger partial charge in [-0.25, -0.2) is 0 Å². The highest BCUT2D eigenvalue weighted by atomic mass is 35.5. The number of hydrogen-bond donors (Lipinski definition) is 0. The van der Waals surface area contributed by atoms with Gasteiger partial charge in [0.25, 0.3) is 0 Å². The summed E-state index contributed by atoms with van der Waals surface area (Å²) in [4.78, 5) is 0. The Morgan fingerprint density at radius 2 is 2.06 bits per heavy atom. The van der Waals surface area contributed by atoms with Crippen LogP contribution >= 0.6 is 47.0 Å². The monoisotopic (exact) mass is 312 g/mol. The third kappa shape index (κ3) is 5.77. The van der Waals surface area contributed by atoms with Gasteiger partial charge in [-0.15, -0.1) is 11.6 Å². The molecule has 0 saturated carbocycles. The fourth-order valence-electron chi connectivity index (χ4n) is 0.971. The van der Waals surface area contributed by atoms with E-state index in [0.29, 0.717) is 28.8 Å². The molecule has 0 saturated heterocycles. The van der Waals surface area contributed by atoms with Crippen molar-refractivity contribution < 1.29 is 9.47 Å². The van der Waals surface area contributed by atoms with E-state index in [4.69, 9.17) is 56.5 Å². The van der Waals surface area contributed by atoms with Crippen LogP contribution in [0.5, 0.6) is 5.75 Å². The van der Waals surface area contributed by atoms with Crippen LogP contribution in [0.1, 0.15) is 13.3 Å². The van der Waals surface area contributed by atoms with Crippen molar-refractivity contribution >= 4 is 52.3 Å². The van der Waals surface area contributed by atoms with Crippen LogP contribution < -0.4 is 4.74 Å². The Labute approximate surface area is 121 Å². The molecule has 0 amide bonds. The molecule has 0 N–H and O–H groups in total. The Hall–Kier alpha value is -0.220. The molecule has 0 aliphatic carbocycles. The number of thiocarbonyl (C=S) groups is 1. The van der Waals surface area contributed by atoms with Gasteiger partial charge in [0.2, 0.25) is 0 Å². The third-order valence-corrected chi connectivity index (χ3v) is 2.99. The normalized spacial score (nSPS) is 12.0. The van der Waals surface area contributed by atoms with Gasteiger partial charge in [-0.1, -0.05) is 23.2 Å². The molecule has 0 aliphatic heterocycles. The first-order chi connectivity index (χ1) is 7.99. The minimum absolute atomic E-state index is 0.0423. The summed E-state index contributed by atoms with van der Waals surface area (Å²) in [6, 6.07) is 4.86. The molecular formula is C11H11Cl3O2S. The molecule has 94 valence electrons. The van der Waals surface area contributed by atoms with Gasteiger partial charge < -0.3 is 9.47 Å². The van der Waals surface area contributed by atoms with Gasteiger partial charge in [-0.3, -0.25) is 0 Å². The van der Waals surface area contributed by atoms with E-state index in [9.17, 15) is 0 Å². The van der Waals surface area contributed by atoms with Crippen LogP contribution in [-0.4, -0.2) is 17.2 Å². The third-order valence-electron chi connectivity index (χ3n) is 1.83. The molecule has 2 nitrogen and oxygen atoms in total. The SMILES string of the molecule is CC(Cl)CCOC(=S)Oc1ccc(Cl)c(Cl)c1. The molecule has 0 heterocycles. The summed E-state index contributed by atoms with van der Waals surface area (Å²) in [7, 11) is 0. The molecular weight excluding hydrogens is 303 g/mol. The lowest BCUT2D eigenvalue weighted by Crippen LogP contribution is -2.12. The fraction of sp³-hybridized carbons (Fsp3) is 0.364. The summed E-state index contributed by atoms with van der Waals surface area (Å²) >= 11 is 22.3. The van der Waals surface area contributed by atoms with Crippen molar-refractivity contribution in [3.8, 4) is 5.75 Å². The first-order valence-electron chi connectivity index (χ1n) is 4.92. The van der Waals surface area contributed by atoms with Crippen LogP contribution in [0.15, 0.2) is 18.2 Å². The lowest BCUT2D eigenvalue weighted by atomic mass is 10.3. The van der Waals surface area contributed by atoms with E-state index in [2.05, 4.69) is 0 Å². The largest absolute Gasteiger partial charge is 0.457 e. The fourth-order valence-corrected chi connectivity index (χ4v) is 1.53. The lowest BCUT2D eigenvalue weighted by Gasteiger charge is -2.09. The van der Waals surface area contributed by atoms with E-state index in [-0.39, 0.29) is 10.6 Å². The van der Waals surface area contributed by atoms with Gasteiger partial charge in [0, 0.05) is 23.7 Å². The maximum Gasteiger partial charge on any atom is 0.357 e. The summed E-state index contributed by atoms with van der Waals surface area (Å²) in [5, 5.41) is 0.951. The van der Waals surface area contributed by atoms with Gasteiger partial charge in [0.1, 0.15) is 5.75 Å². The Balaban J connectivity index is 2.42. The van der Waals surface area contributed by atoms with Crippen molar-refractivity contribution in [2.24, 2.45) is 0 Å². The topological polar surface area (TPSA) is 18.5 Å². The van der Waals surface area contributed by atoms with Crippen LogP contribution in [0.25, 0.3) is 0 Å². The second-order valence-corrected chi connectivity index (χ2v) is 5.24. The van der Waals surface area contributed by atoms with Gasteiger partial charge in [-0.05, 0) is 25.5 Å². The molecule has 6 heteroatoms. The van der Waals surface area contributed by atoms with Crippen molar-refractivity contribution in [3.05, 3.63) is 28.2 Å². The Kier molecular flexibility index (Phi) is 6.34. The van der Waals surface area contributed by atoms with E-state index in [1.165, 1.54) is 0 Å². The lowest BCUT2D eigenvalue weighted by molar-refractivity contribution is 0.244. The molecule has 1 atom stereocenters. The minimum Gasteiger partial charge on any atom is -0.457 e. The molecule has 0 aromatic heterocycles.